The number of carbonyl (C=O) groups excluding carboxylic acids is 1. The number of hydrogen-bond donors (Lipinski definition) is 0. The van der Waals surface area contributed by atoms with Gasteiger partial charge in [0.15, 0.2) is 5.60 Å². The number of benzene rings is 5. The number of aryl methyl sites for hydroxylation is 2. The Morgan fingerprint density at radius 3 is 1.41 bits per heavy atom. The van der Waals surface area contributed by atoms with E-state index in [1.165, 1.54) is 37.1 Å². The number of rotatable bonds is 10. The lowest BCUT2D eigenvalue weighted by Gasteiger charge is -2.28. The molecule has 0 bridgehead atoms. The number of halogens is 4. The summed E-state index contributed by atoms with van der Waals surface area (Å²) in [6.07, 6.45) is 8.63. The molecule has 0 N–H and O–H groups in total. The van der Waals surface area contributed by atoms with E-state index >= 15 is 0 Å². The summed E-state index contributed by atoms with van der Waals surface area (Å²) in [5.41, 5.74) is 8.44. The molecule has 3 aliphatic rings. The van der Waals surface area contributed by atoms with Gasteiger partial charge in [0.25, 0.3) is 0 Å². The Hall–Kier alpha value is -4.59. The number of methoxy groups -OCH3 is 2. The molecular weight excluding hydrogens is 810 g/mol. The quantitative estimate of drug-likeness (QED) is 0.0792. The predicted molar refractivity (Wildman–Crippen MR) is 239 cm³/mol. The van der Waals surface area contributed by atoms with Crippen LogP contribution in [0.2, 0.25) is 20.1 Å². The van der Waals surface area contributed by atoms with E-state index in [-0.39, 0.29) is 25.7 Å². The fourth-order valence-corrected chi connectivity index (χ4v) is 9.62. The smallest absolute Gasteiger partial charge is 0.341 e. The molecule has 5 aromatic rings. The Morgan fingerprint density at radius 2 is 1.02 bits per heavy atom. The molecule has 0 saturated carbocycles. The van der Waals surface area contributed by atoms with Crippen LogP contribution in [-0.4, -0.2) is 46.4 Å². The molecule has 6 nitrogen and oxygen atoms in total. The summed E-state index contributed by atoms with van der Waals surface area (Å²) >= 11 is 27.6. The van der Waals surface area contributed by atoms with Gasteiger partial charge in [0.1, 0.15) is 11.5 Å². The van der Waals surface area contributed by atoms with Crippen LogP contribution in [0.5, 0.6) is 11.5 Å². The molecule has 0 unspecified atom stereocenters. The van der Waals surface area contributed by atoms with Crippen molar-refractivity contribution in [2.24, 2.45) is 0 Å². The van der Waals surface area contributed by atoms with Gasteiger partial charge < -0.3 is 24.0 Å². The van der Waals surface area contributed by atoms with Crippen LogP contribution in [0.1, 0.15) is 75.0 Å². The summed E-state index contributed by atoms with van der Waals surface area (Å²) in [4.78, 5) is 19.2. The van der Waals surface area contributed by atoms with Gasteiger partial charge in [0.2, 0.25) is 0 Å². The third kappa shape index (κ3) is 7.45. The van der Waals surface area contributed by atoms with Crippen molar-refractivity contribution in [2.45, 2.75) is 45.1 Å². The van der Waals surface area contributed by atoms with Crippen molar-refractivity contribution < 1.29 is 19.0 Å². The Labute approximate surface area is 360 Å². The van der Waals surface area contributed by atoms with Crippen molar-refractivity contribution >= 4 is 74.9 Å². The standard InChI is InChI=1S/C48H44Cl4N2O4/c1-29-25-33(53-21-5-6-22-53)13-19-37(29)39(31-9-15-35(56-3)16-10-31)27-48(42-41(47(55)58-48)43(49)45(51)46(52)44(42)50)28-40(32-11-17-36(57-4)18-12-32)38-20-14-34(26-30(38)2)54-23-7-8-24-54/h9-20,25-28H,5-8,21-24H2,1-4H3. The van der Waals surface area contributed by atoms with E-state index in [0.29, 0.717) is 17.1 Å². The molecule has 10 heteroatoms. The normalized spacial score (nSPS) is 18.2. The van der Waals surface area contributed by atoms with Gasteiger partial charge in [-0.15, -0.1) is 0 Å². The minimum Gasteiger partial charge on any atom is -0.497 e. The average molecular weight is 855 g/mol. The fourth-order valence-electron chi connectivity index (χ4n) is 8.54. The summed E-state index contributed by atoms with van der Waals surface area (Å²) in [5.74, 6) is 0.753. The van der Waals surface area contributed by atoms with Crippen LogP contribution in [-0.2, 0) is 10.3 Å². The molecule has 0 radical (unpaired) electrons. The lowest BCUT2D eigenvalue weighted by molar-refractivity contribution is 0.0300. The van der Waals surface area contributed by atoms with Crippen molar-refractivity contribution in [3.63, 3.8) is 0 Å². The maximum Gasteiger partial charge on any atom is 0.341 e. The van der Waals surface area contributed by atoms with Crippen LogP contribution in [0.15, 0.2) is 97.1 Å². The van der Waals surface area contributed by atoms with Crippen molar-refractivity contribution in [3.8, 4) is 11.5 Å². The zero-order chi connectivity index (χ0) is 40.7. The zero-order valence-corrected chi connectivity index (χ0v) is 36.0. The van der Waals surface area contributed by atoms with Gasteiger partial charge in [-0.2, -0.15) is 0 Å². The molecule has 2 fully saturated rings. The Balaban J connectivity index is 1.44. The molecule has 8 rings (SSSR count). The highest BCUT2D eigenvalue weighted by molar-refractivity contribution is 6.53. The fraction of sp³-hybridized carbons (Fsp3) is 0.271. The largest absolute Gasteiger partial charge is 0.497 e. The van der Waals surface area contributed by atoms with E-state index in [0.717, 1.165) is 70.7 Å². The molecule has 58 heavy (non-hydrogen) atoms. The maximum absolute atomic E-state index is 14.3. The molecule has 0 spiro atoms. The van der Waals surface area contributed by atoms with E-state index in [4.69, 9.17) is 60.6 Å². The van der Waals surface area contributed by atoms with Crippen LogP contribution in [0, 0.1) is 13.8 Å². The number of carbonyl (C=O) groups is 1. The number of anilines is 2. The first-order valence-electron chi connectivity index (χ1n) is 19.6. The Kier molecular flexibility index (Phi) is 11.5. The Bertz CT molecular complexity index is 2320. The first kappa shape index (κ1) is 40.2. The number of nitrogens with zero attached hydrogens (tertiary/aromatic N) is 2. The summed E-state index contributed by atoms with van der Waals surface area (Å²) in [7, 11) is 3.28. The summed E-state index contributed by atoms with van der Waals surface area (Å²) < 4.78 is 17.8. The van der Waals surface area contributed by atoms with Gasteiger partial charge in [0, 0.05) is 43.1 Å². The highest BCUT2D eigenvalue weighted by atomic mass is 35.5. The number of fused-ring (bicyclic) bond motifs is 1. The van der Waals surface area contributed by atoms with Crippen molar-refractivity contribution in [1.82, 2.24) is 0 Å². The second kappa shape index (κ2) is 16.6. The number of hydrogen-bond acceptors (Lipinski definition) is 6. The van der Waals surface area contributed by atoms with Crippen LogP contribution < -0.4 is 19.3 Å². The molecule has 0 aromatic heterocycles. The van der Waals surface area contributed by atoms with E-state index < -0.39 is 11.6 Å². The highest BCUT2D eigenvalue weighted by Gasteiger charge is 2.48. The van der Waals surface area contributed by atoms with Crippen molar-refractivity contribution in [2.75, 3.05) is 50.2 Å². The average Bonchev–Trinajstić information content (AvgIpc) is 4.03. The summed E-state index contributed by atoms with van der Waals surface area (Å²) in [6.45, 7) is 8.31. The van der Waals surface area contributed by atoms with Crippen LogP contribution >= 0.6 is 46.4 Å². The second-order valence-electron chi connectivity index (χ2n) is 15.1. The van der Waals surface area contributed by atoms with Crippen molar-refractivity contribution in [1.29, 1.82) is 0 Å². The third-order valence-electron chi connectivity index (χ3n) is 11.6. The molecule has 0 atom stereocenters. The van der Waals surface area contributed by atoms with Gasteiger partial charge in [0.05, 0.1) is 39.9 Å². The lowest BCUT2D eigenvalue weighted by Crippen LogP contribution is -2.23. The molecule has 0 amide bonds. The molecule has 2 saturated heterocycles. The van der Waals surface area contributed by atoms with Crippen LogP contribution in [0.25, 0.3) is 11.1 Å². The number of cyclic esters (lactones) is 1. The summed E-state index contributed by atoms with van der Waals surface area (Å²) in [6, 6.07) is 28.8. The first-order chi connectivity index (χ1) is 28.0. The molecule has 3 aliphatic heterocycles. The monoisotopic (exact) mass is 852 g/mol. The molecule has 0 aliphatic carbocycles. The first-order valence-corrected chi connectivity index (χ1v) is 21.1. The van der Waals surface area contributed by atoms with Gasteiger partial charge in [-0.3, -0.25) is 0 Å². The van der Waals surface area contributed by atoms with Crippen molar-refractivity contribution in [3.05, 3.63) is 162 Å². The minimum atomic E-state index is -1.63. The minimum absolute atomic E-state index is 0.0137. The highest BCUT2D eigenvalue weighted by Crippen LogP contribution is 2.54. The van der Waals surface area contributed by atoms with Crippen LogP contribution in [0.4, 0.5) is 11.4 Å². The van der Waals surface area contributed by atoms with Gasteiger partial charge in [-0.05, 0) is 145 Å². The van der Waals surface area contributed by atoms with Gasteiger partial charge >= 0.3 is 5.97 Å². The molecule has 298 valence electrons. The maximum atomic E-state index is 14.3. The Morgan fingerprint density at radius 1 is 0.603 bits per heavy atom. The van der Waals surface area contributed by atoms with Gasteiger partial charge in [-0.25, -0.2) is 4.79 Å². The zero-order valence-electron chi connectivity index (χ0n) is 32.9. The molecular formula is C48H44Cl4N2O4. The molecule has 5 aromatic carbocycles. The molecule has 3 heterocycles. The van der Waals surface area contributed by atoms with E-state index in [1.54, 1.807) is 14.2 Å². The number of esters is 1. The van der Waals surface area contributed by atoms with Gasteiger partial charge in [-0.1, -0.05) is 82.8 Å². The van der Waals surface area contributed by atoms with E-state index in [9.17, 15) is 4.79 Å². The topological polar surface area (TPSA) is 51.2 Å². The lowest BCUT2D eigenvalue weighted by atomic mass is 9.82. The SMILES string of the molecule is COc1ccc(C(=CC2(C=C(c3ccc(OC)cc3)c3ccc(N4CCCC4)cc3C)OC(=O)c3c(Cl)c(Cl)c(Cl)c(Cl)c32)c2ccc(N3CCCC3)cc2C)cc1. The van der Waals surface area contributed by atoms with E-state index in [1.807, 2.05) is 60.7 Å². The summed E-state index contributed by atoms with van der Waals surface area (Å²) in [5, 5.41) is 0.0786. The van der Waals surface area contributed by atoms with Crippen LogP contribution in [0.3, 0.4) is 0 Å². The van der Waals surface area contributed by atoms with E-state index in [2.05, 4.69) is 60.0 Å². The number of ether oxygens (including phenoxy) is 3. The third-order valence-corrected chi connectivity index (χ3v) is 13.4. The predicted octanol–water partition coefficient (Wildman–Crippen LogP) is 12.8. The second-order valence-corrected chi connectivity index (χ2v) is 16.7.